The summed E-state index contributed by atoms with van der Waals surface area (Å²) >= 11 is 0. The lowest BCUT2D eigenvalue weighted by atomic mass is 9.73. The average Bonchev–Trinajstić information content (AvgIpc) is 0.743. The van der Waals surface area contributed by atoms with Crippen LogP contribution in [-0.2, 0) is 56.8 Å². The van der Waals surface area contributed by atoms with Crippen LogP contribution >= 0.6 is 0 Å². The quantitative estimate of drug-likeness (QED) is 0.0734. The molecule has 19 aromatic rings. The van der Waals surface area contributed by atoms with E-state index >= 15 is 0 Å². The normalized spacial score (nSPS) is 12.6. The van der Waals surface area contributed by atoms with Crippen molar-refractivity contribution in [2.75, 3.05) is 0 Å². The Morgan fingerprint density at radius 2 is 0.598 bits per heavy atom. The van der Waals surface area contributed by atoms with Gasteiger partial charge in [0.1, 0.15) is 11.5 Å². The lowest BCUT2D eigenvalue weighted by Gasteiger charge is -2.31. The third-order valence-corrected chi connectivity index (χ3v) is 26.0. The van der Waals surface area contributed by atoms with Gasteiger partial charge in [-0.2, -0.15) is 0 Å². The van der Waals surface area contributed by atoms with Gasteiger partial charge < -0.3 is 4.74 Å². The first kappa shape index (κ1) is 92.2. The molecule has 0 aliphatic heterocycles. The third-order valence-electron chi connectivity index (χ3n) is 26.0. The van der Waals surface area contributed by atoms with Gasteiger partial charge in [0.05, 0.1) is 0 Å². The highest BCUT2D eigenvalue weighted by atomic mass is 16.5. The van der Waals surface area contributed by atoms with E-state index in [1.807, 2.05) is 48.5 Å². The maximum Gasteiger partial charge on any atom is 0.127 e. The summed E-state index contributed by atoms with van der Waals surface area (Å²) in [6.45, 7) is 22.1. The fourth-order valence-electron chi connectivity index (χ4n) is 18.0. The van der Waals surface area contributed by atoms with Crippen LogP contribution < -0.4 is 4.74 Å². The first-order valence-electron chi connectivity index (χ1n) is 47.8. The van der Waals surface area contributed by atoms with Crippen molar-refractivity contribution < 1.29 is 4.74 Å². The van der Waals surface area contributed by atoms with Gasteiger partial charge in [0.15, 0.2) is 0 Å². The molecule has 1 heteroatoms. The zero-order chi connectivity index (χ0) is 91.4. The van der Waals surface area contributed by atoms with Crippen molar-refractivity contribution in [2.45, 2.75) is 132 Å². The van der Waals surface area contributed by atoms with E-state index in [1.165, 1.54) is 181 Å². The average molecular weight is 1710 g/mol. The number of hydrogen-bond acceptors (Lipinski definition) is 1. The molecular formula is C131H124O. The van der Waals surface area contributed by atoms with Crippen LogP contribution in [0.4, 0.5) is 0 Å². The molecule has 22 rings (SSSR count). The number of aryl methyl sites for hydroxylation is 7. The van der Waals surface area contributed by atoms with Crippen molar-refractivity contribution in [3.63, 3.8) is 0 Å². The topological polar surface area (TPSA) is 9.23 Å². The minimum Gasteiger partial charge on any atom is -0.457 e. The molecule has 0 unspecified atom stereocenters. The molecule has 0 amide bonds. The highest BCUT2D eigenvalue weighted by Gasteiger charge is 2.28. The van der Waals surface area contributed by atoms with Gasteiger partial charge in [-0.3, -0.25) is 0 Å². The summed E-state index contributed by atoms with van der Waals surface area (Å²) in [7, 11) is 0. The van der Waals surface area contributed by atoms with Crippen molar-refractivity contribution in [1.82, 2.24) is 0 Å². The Bertz CT molecular complexity index is 7110. The number of fused-ring (bicyclic) bond motifs is 12. The van der Waals surface area contributed by atoms with Gasteiger partial charge in [-0.1, -0.05) is 476 Å². The van der Waals surface area contributed by atoms with Crippen LogP contribution in [-0.4, -0.2) is 0 Å². The predicted octanol–water partition coefficient (Wildman–Crippen LogP) is 36.2. The maximum absolute atomic E-state index is 5.68. The number of rotatable bonds is 15. The molecular weight excluding hydrogens is 1590 g/mol. The van der Waals surface area contributed by atoms with Gasteiger partial charge in [0.2, 0.25) is 0 Å². The van der Waals surface area contributed by atoms with E-state index in [1.54, 1.807) is 0 Å². The summed E-state index contributed by atoms with van der Waals surface area (Å²) in [5, 5.41) is 21.5. The molecule has 0 fully saturated rings. The Balaban J connectivity index is 0.000000116. The minimum absolute atomic E-state index is 0.0769. The number of hydrogen-bond donors (Lipinski definition) is 0. The first-order chi connectivity index (χ1) is 64.8. The van der Waals surface area contributed by atoms with Gasteiger partial charge in [-0.25, -0.2) is 0 Å². The molecule has 0 radical (unpaired) electrons. The summed E-state index contributed by atoms with van der Waals surface area (Å²) in [6, 6.07) is 145. The van der Waals surface area contributed by atoms with Crippen molar-refractivity contribution in [2.24, 2.45) is 5.92 Å². The van der Waals surface area contributed by atoms with Gasteiger partial charge in [0.25, 0.3) is 0 Å². The predicted molar refractivity (Wildman–Crippen MR) is 575 cm³/mol. The van der Waals surface area contributed by atoms with Crippen molar-refractivity contribution in [1.29, 1.82) is 0 Å². The van der Waals surface area contributed by atoms with Gasteiger partial charge in [-0.15, -0.1) is 0 Å². The molecule has 0 N–H and O–H groups in total. The first-order valence-corrected chi connectivity index (χ1v) is 47.8. The number of allylic oxidation sites excluding steroid dienone is 12. The standard InChI is InChI=1S/2C20H16.C17H20.C16H14.C15H14.C15H16.C14H14O.C14H14/c1-2-14-11-12-19-17-9-4-3-7-15(17)16-8-5-6-10-18(16)20(19)13-14;1-2-14-7-8-17-12-19-10-15-5-3-4-6-16(15)11-20(19)13-18(17)9-14;1-4-14-10-12-16(13-11-14)17(2,3)15-8-6-5-7-9-15;1-2-12-7-5-9-16-14-8-4-3-6-13(14)10-11-15(12)16;1-2-11-9-10-13-6-3-5-12-7-4-8-14(11)15(12)13;1-2-13-8-10-15(11-9-13)12-14-6-4-3-5-7-14;1-2-12-8-10-14(11-9-12)15-13-6-4-3-5-7-13;1-2-12-8-10-14(11-9-12)13-6-4-3-5-7-13/h2*3-13H,2H2,1H3;5-13H,4H2,1-3H3;3-11H,2H2,1H3;3-10,15H,2H2,1H3;3-11H,2,12H2,1H3;3-11H,2H2,1H3;3-11H,2H2,1H3/t;;;;15-;;;/m....1.../s1. The highest BCUT2D eigenvalue weighted by molar-refractivity contribution is 6.25. The summed E-state index contributed by atoms with van der Waals surface area (Å²) in [4.78, 5) is 0. The summed E-state index contributed by atoms with van der Waals surface area (Å²) in [5.41, 5.74) is 23.8. The molecule has 0 spiro atoms. The van der Waals surface area contributed by atoms with Crippen molar-refractivity contribution >= 4 is 86.2 Å². The molecule has 0 heterocycles. The fourth-order valence-corrected chi connectivity index (χ4v) is 18.0. The van der Waals surface area contributed by atoms with Crippen LogP contribution in [0.3, 0.4) is 0 Å². The molecule has 0 saturated heterocycles. The zero-order valence-corrected chi connectivity index (χ0v) is 78.7. The molecule has 0 bridgehead atoms. The SMILES string of the molecule is CCC1=CC=C2C=CC=C3C=CC=C1[C@H]32.CCc1ccc(-c2ccccc2)cc1.CCc1ccc(C(C)(C)c2ccccc2)cc1.CCc1ccc(Cc2ccccc2)cc1.CCc1ccc(Oc2ccccc2)cc1.CCc1ccc2c3ccccc3c3ccccc3c2c1.CCc1ccc2cc3cc4ccccc4cc3cc2c1.CCc1cccc2c1ccc1ccccc12. The van der Waals surface area contributed by atoms with Crippen molar-refractivity contribution in [3.05, 3.63) is 539 Å². The number of para-hydroxylation sites is 1. The van der Waals surface area contributed by atoms with Crippen LogP contribution in [0.1, 0.15) is 137 Å². The monoisotopic (exact) mass is 1710 g/mol. The zero-order valence-electron chi connectivity index (χ0n) is 78.7. The van der Waals surface area contributed by atoms with E-state index in [2.05, 4.69) is 476 Å². The molecule has 0 saturated carbocycles. The van der Waals surface area contributed by atoms with E-state index in [9.17, 15) is 0 Å². The van der Waals surface area contributed by atoms with E-state index in [-0.39, 0.29) is 5.41 Å². The highest BCUT2D eigenvalue weighted by Crippen LogP contribution is 2.43. The number of benzene rings is 19. The molecule has 3 aliphatic carbocycles. The van der Waals surface area contributed by atoms with Gasteiger partial charge in [-0.05, 0) is 287 Å². The van der Waals surface area contributed by atoms with Crippen LogP contribution in [0.5, 0.6) is 11.5 Å². The summed E-state index contributed by atoms with van der Waals surface area (Å²) in [5.74, 6) is 2.28. The molecule has 0 aromatic heterocycles. The molecule has 3 aliphatic rings. The third kappa shape index (κ3) is 23.2. The Morgan fingerprint density at radius 1 is 0.227 bits per heavy atom. The maximum atomic E-state index is 5.68. The van der Waals surface area contributed by atoms with Crippen LogP contribution in [0.15, 0.2) is 477 Å². The van der Waals surface area contributed by atoms with Crippen LogP contribution in [0.2, 0.25) is 0 Å². The van der Waals surface area contributed by atoms with Crippen LogP contribution in [0, 0.1) is 5.92 Å². The second-order valence-electron chi connectivity index (χ2n) is 34.8. The Morgan fingerprint density at radius 3 is 1.17 bits per heavy atom. The molecule has 654 valence electrons. The second kappa shape index (κ2) is 45.7. The fraction of sp³-hybridized carbons (Fsp3) is 0.160. The molecule has 1 nitrogen and oxygen atoms in total. The Labute approximate surface area is 784 Å². The van der Waals surface area contributed by atoms with Gasteiger partial charge >= 0.3 is 0 Å². The van der Waals surface area contributed by atoms with E-state index in [0.717, 1.165) is 69.3 Å². The van der Waals surface area contributed by atoms with E-state index < -0.39 is 0 Å². The molecule has 1 atom stereocenters. The minimum atomic E-state index is 0.0769. The number of ether oxygens (including phenoxy) is 1. The Kier molecular flexibility index (Phi) is 31.9. The van der Waals surface area contributed by atoms with Crippen molar-refractivity contribution in [3.8, 4) is 22.6 Å². The lowest BCUT2D eigenvalue weighted by Crippen LogP contribution is -2.18. The summed E-state index contributed by atoms with van der Waals surface area (Å²) < 4.78 is 5.68. The Hall–Kier alpha value is -14.5. The largest absolute Gasteiger partial charge is 0.457 e. The van der Waals surface area contributed by atoms with E-state index in [4.69, 9.17) is 4.74 Å². The van der Waals surface area contributed by atoms with Crippen LogP contribution in [0.25, 0.3) is 97.3 Å². The van der Waals surface area contributed by atoms with Gasteiger partial charge in [0, 0.05) is 11.3 Å². The smallest absolute Gasteiger partial charge is 0.127 e. The lowest BCUT2D eigenvalue weighted by molar-refractivity contribution is 0.482. The van der Waals surface area contributed by atoms with E-state index in [0.29, 0.717) is 5.92 Å². The summed E-state index contributed by atoms with van der Waals surface area (Å²) in [6.07, 6.45) is 27.6. The second-order valence-corrected chi connectivity index (χ2v) is 34.8. The molecule has 132 heavy (non-hydrogen) atoms. The molecule has 19 aromatic carbocycles.